The van der Waals surface area contributed by atoms with Gasteiger partial charge in [-0.15, -0.1) is 0 Å². The molecule has 6 nitrogen and oxygen atoms in total. The number of rotatable bonds is 1. The van der Waals surface area contributed by atoms with Gasteiger partial charge in [0.2, 0.25) is 0 Å². The zero-order valence-electron chi connectivity index (χ0n) is 15.2. The molecule has 0 bridgehead atoms. The van der Waals surface area contributed by atoms with E-state index in [0.29, 0.717) is 30.6 Å². The summed E-state index contributed by atoms with van der Waals surface area (Å²) >= 11 is 0. The van der Waals surface area contributed by atoms with Gasteiger partial charge >= 0.3 is 0 Å². The predicted molar refractivity (Wildman–Crippen MR) is 97.6 cm³/mol. The fraction of sp³-hybridized carbons (Fsp3) is 0.650. The Hall–Kier alpha value is -1.79. The van der Waals surface area contributed by atoms with Crippen LogP contribution in [-0.2, 0) is 0 Å². The molecule has 1 atom stereocenters. The Morgan fingerprint density at radius 1 is 1.08 bits per heavy atom. The maximum absolute atomic E-state index is 13.4. The Morgan fingerprint density at radius 2 is 1.88 bits per heavy atom. The Kier molecular flexibility index (Phi) is 3.87. The number of carbonyl (C=O) groups excluding carboxylic acids is 1. The average Bonchev–Trinajstić information content (AvgIpc) is 2.98. The minimum atomic E-state index is -0.0740. The van der Waals surface area contributed by atoms with E-state index in [4.69, 9.17) is 15.2 Å². The van der Waals surface area contributed by atoms with Gasteiger partial charge in [-0.1, -0.05) is 0 Å². The molecule has 1 aliphatic carbocycles. The van der Waals surface area contributed by atoms with Crippen molar-refractivity contribution in [2.75, 3.05) is 32.8 Å². The molecule has 5 rings (SSSR count). The van der Waals surface area contributed by atoms with E-state index in [1.165, 1.54) is 12.8 Å². The van der Waals surface area contributed by atoms with Crippen LogP contribution >= 0.6 is 0 Å². The van der Waals surface area contributed by atoms with Gasteiger partial charge in [-0.2, -0.15) is 0 Å². The van der Waals surface area contributed by atoms with Crippen LogP contribution in [0.4, 0.5) is 0 Å². The Balaban J connectivity index is 1.45. The van der Waals surface area contributed by atoms with Gasteiger partial charge in [-0.25, -0.2) is 0 Å². The SMILES string of the molecule is NC1CC2(C1)C1CCCN1CCN2C(=O)c1ccc2c(c1)OCCCO2. The van der Waals surface area contributed by atoms with Crippen LogP contribution in [-0.4, -0.2) is 66.2 Å². The number of carbonyl (C=O) groups is 1. The highest BCUT2D eigenvalue weighted by molar-refractivity contribution is 5.95. The highest BCUT2D eigenvalue weighted by Gasteiger charge is 2.58. The third-order valence-electron chi connectivity index (χ3n) is 6.60. The van der Waals surface area contributed by atoms with Crippen LogP contribution in [0.15, 0.2) is 18.2 Å². The van der Waals surface area contributed by atoms with Crippen molar-refractivity contribution in [2.45, 2.75) is 49.7 Å². The summed E-state index contributed by atoms with van der Waals surface area (Å²) in [6.07, 6.45) is 5.11. The molecule has 140 valence electrons. The molecule has 0 radical (unpaired) electrons. The van der Waals surface area contributed by atoms with E-state index in [1.807, 2.05) is 18.2 Å². The molecule has 3 heterocycles. The van der Waals surface area contributed by atoms with E-state index >= 15 is 0 Å². The second kappa shape index (κ2) is 6.13. The van der Waals surface area contributed by atoms with Gasteiger partial charge < -0.3 is 20.1 Å². The maximum Gasteiger partial charge on any atom is 0.254 e. The van der Waals surface area contributed by atoms with E-state index < -0.39 is 0 Å². The van der Waals surface area contributed by atoms with Gasteiger partial charge in [-0.3, -0.25) is 9.69 Å². The van der Waals surface area contributed by atoms with Gasteiger partial charge in [0.1, 0.15) is 0 Å². The summed E-state index contributed by atoms with van der Waals surface area (Å²) < 4.78 is 11.5. The van der Waals surface area contributed by atoms with Gasteiger partial charge in [-0.05, 0) is 50.4 Å². The molecule has 4 aliphatic rings. The summed E-state index contributed by atoms with van der Waals surface area (Å²) in [4.78, 5) is 18.1. The van der Waals surface area contributed by atoms with Crippen LogP contribution in [0.2, 0.25) is 0 Å². The third-order valence-corrected chi connectivity index (χ3v) is 6.60. The van der Waals surface area contributed by atoms with Gasteiger partial charge in [0, 0.05) is 37.2 Å². The molecular formula is C20H27N3O3. The van der Waals surface area contributed by atoms with Gasteiger partial charge in [0.05, 0.1) is 18.8 Å². The van der Waals surface area contributed by atoms with Crippen molar-refractivity contribution in [3.05, 3.63) is 23.8 Å². The maximum atomic E-state index is 13.4. The molecule has 6 heteroatoms. The van der Waals surface area contributed by atoms with Crippen molar-refractivity contribution >= 4 is 5.91 Å². The molecule has 1 saturated carbocycles. The van der Waals surface area contributed by atoms with Crippen molar-refractivity contribution in [3.63, 3.8) is 0 Å². The lowest BCUT2D eigenvalue weighted by Crippen LogP contribution is -2.74. The lowest BCUT2D eigenvalue weighted by Gasteiger charge is -2.61. The second-order valence-electron chi connectivity index (χ2n) is 8.13. The summed E-state index contributed by atoms with van der Waals surface area (Å²) in [5.74, 6) is 1.53. The zero-order valence-corrected chi connectivity index (χ0v) is 15.2. The van der Waals surface area contributed by atoms with Crippen LogP contribution in [0.5, 0.6) is 11.5 Å². The fourth-order valence-electron chi connectivity index (χ4n) is 5.43. The first-order valence-electron chi connectivity index (χ1n) is 9.89. The minimum absolute atomic E-state index is 0.0740. The molecule has 3 fully saturated rings. The van der Waals surface area contributed by atoms with E-state index in [1.54, 1.807) is 0 Å². The second-order valence-corrected chi connectivity index (χ2v) is 8.13. The highest BCUT2D eigenvalue weighted by atomic mass is 16.5. The van der Waals surface area contributed by atoms with Gasteiger partial charge in [0.25, 0.3) is 5.91 Å². The number of nitrogens with two attached hydrogens (primary N) is 1. The molecule has 1 spiro atoms. The number of piperazine rings is 1. The quantitative estimate of drug-likeness (QED) is 0.827. The molecule has 3 aliphatic heterocycles. The molecule has 1 unspecified atom stereocenters. The summed E-state index contributed by atoms with van der Waals surface area (Å²) in [6, 6.07) is 6.30. The molecule has 0 aromatic heterocycles. The summed E-state index contributed by atoms with van der Waals surface area (Å²) in [5, 5.41) is 0. The van der Waals surface area contributed by atoms with Crippen LogP contribution in [0.1, 0.15) is 42.5 Å². The first-order valence-corrected chi connectivity index (χ1v) is 9.89. The monoisotopic (exact) mass is 357 g/mol. The van der Waals surface area contributed by atoms with Crippen LogP contribution < -0.4 is 15.2 Å². The van der Waals surface area contributed by atoms with E-state index in [0.717, 1.165) is 44.6 Å². The van der Waals surface area contributed by atoms with Crippen LogP contribution in [0.3, 0.4) is 0 Å². The fourth-order valence-corrected chi connectivity index (χ4v) is 5.43. The van der Waals surface area contributed by atoms with Crippen LogP contribution in [0, 0.1) is 0 Å². The molecular weight excluding hydrogens is 330 g/mol. The summed E-state index contributed by atoms with van der Waals surface area (Å²) in [6.45, 7) is 4.21. The number of fused-ring (bicyclic) bond motifs is 3. The van der Waals surface area contributed by atoms with Crippen LogP contribution in [0.25, 0.3) is 0 Å². The third kappa shape index (κ3) is 2.42. The van der Waals surface area contributed by atoms with E-state index in [9.17, 15) is 4.79 Å². The highest BCUT2D eigenvalue weighted by Crippen LogP contribution is 2.48. The lowest BCUT2D eigenvalue weighted by molar-refractivity contribution is -0.0726. The van der Waals surface area contributed by atoms with E-state index in [-0.39, 0.29) is 17.5 Å². The molecule has 1 aromatic carbocycles. The Morgan fingerprint density at radius 3 is 2.69 bits per heavy atom. The lowest BCUT2D eigenvalue weighted by atomic mass is 9.65. The molecule has 2 N–H and O–H groups in total. The number of amides is 1. The van der Waals surface area contributed by atoms with Gasteiger partial charge in [0.15, 0.2) is 11.5 Å². The Bertz CT molecular complexity index is 716. The van der Waals surface area contributed by atoms with Crippen molar-refractivity contribution in [3.8, 4) is 11.5 Å². The smallest absolute Gasteiger partial charge is 0.254 e. The Labute approximate surface area is 154 Å². The molecule has 26 heavy (non-hydrogen) atoms. The largest absolute Gasteiger partial charge is 0.490 e. The summed E-state index contributed by atoms with van der Waals surface area (Å²) in [5.41, 5.74) is 6.80. The normalized spacial score (nSPS) is 33.5. The minimum Gasteiger partial charge on any atom is -0.490 e. The number of ether oxygens (including phenoxy) is 2. The number of benzene rings is 1. The van der Waals surface area contributed by atoms with E-state index in [2.05, 4.69) is 9.80 Å². The summed E-state index contributed by atoms with van der Waals surface area (Å²) in [7, 11) is 0. The number of hydrogen-bond donors (Lipinski definition) is 1. The topological polar surface area (TPSA) is 68.0 Å². The van der Waals surface area contributed by atoms with Crippen molar-refractivity contribution in [2.24, 2.45) is 5.73 Å². The first-order chi connectivity index (χ1) is 12.7. The standard InChI is InChI=1S/C20H27N3O3/c21-15-12-20(13-15)18-3-1-6-22(18)7-8-23(20)19(24)14-4-5-16-17(11-14)26-10-2-9-25-16/h4-5,11,15,18H,1-3,6-10,12-13,21H2. The first kappa shape index (κ1) is 16.4. The average molecular weight is 357 g/mol. The predicted octanol–water partition coefficient (Wildman–Crippen LogP) is 1.63. The molecule has 2 saturated heterocycles. The molecule has 1 aromatic rings. The zero-order chi connectivity index (χ0) is 17.7. The van der Waals surface area contributed by atoms with Crippen molar-refractivity contribution in [1.29, 1.82) is 0 Å². The number of nitrogens with zero attached hydrogens (tertiary/aromatic N) is 2. The van der Waals surface area contributed by atoms with Crippen molar-refractivity contribution < 1.29 is 14.3 Å². The number of hydrogen-bond acceptors (Lipinski definition) is 5. The molecule has 1 amide bonds. The van der Waals surface area contributed by atoms with Crippen molar-refractivity contribution in [1.82, 2.24) is 9.80 Å².